The highest BCUT2D eigenvalue weighted by Gasteiger charge is 2.22. The molecular formula is C24H36O6. The van der Waals surface area contributed by atoms with Gasteiger partial charge in [0.2, 0.25) is 0 Å². The molecule has 0 amide bonds. The van der Waals surface area contributed by atoms with Gasteiger partial charge in [0, 0.05) is 0 Å². The summed E-state index contributed by atoms with van der Waals surface area (Å²) in [5.74, 6) is -3.29. The zero-order valence-electron chi connectivity index (χ0n) is 18.3. The molecule has 0 saturated carbocycles. The van der Waals surface area contributed by atoms with E-state index in [9.17, 15) is 19.5 Å². The van der Waals surface area contributed by atoms with E-state index in [-0.39, 0.29) is 22.8 Å². The van der Waals surface area contributed by atoms with Crippen LogP contribution in [0.3, 0.4) is 0 Å². The van der Waals surface area contributed by atoms with E-state index in [1.54, 1.807) is 0 Å². The van der Waals surface area contributed by atoms with E-state index in [2.05, 4.69) is 13.8 Å². The number of hydrogen-bond acceptors (Lipinski definition) is 4. The average molecular weight is 421 g/mol. The number of carboxylic acid groups (broad SMARTS) is 2. The average Bonchev–Trinajstić information content (AvgIpc) is 2.72. The number of carbonyl (C=O) groups excluding carboxylic acids is 1. The largest absolute Gasteiger partial charge is 0.478 e. The minimum Gasteiger partial charge on any atom is -0.478 e. The van der Waals surface area contributed by atoms with Crippen LogP contribution in [0.25, 0.3) is 0 Å². The molecule has 30 heavy (non-hydrogen) atoms. The fourth-order valence-electron chi connectivity index (χ4n) is 3.46. The van der Waals surface area contributed by atoms with Crippen LogP contribution < -0.4 is 0 Å². The van der Waals surface area contributed by atoms with Gasteiger partial charge in [0.05, 0.1) is 16.7 Å². The monoisotopic (exact) mass is 420 g/mol. The molecule has 0 aromatic heterocycles. The van der Waals surface area contributed by atoms with E-state index in [0.29, 0.717) is 0 Å². The molecule has 0 radical (unpaired) electrons. The molecule has 6 nitrogen and oxygen atoms in total. The Kier molecular flexibility index (Phi) is 12.5. The number of unbranched alkanes of at least 4 members (excludes halogenated alkanes) is 8. The zero-order valence-corrected chi connectivity index (χ0v) is 18.3. The van der Waals surface area contributed by atoms with Crippen LogP contribution in [-0.2, 0) is 4.74 Å². The van der Waals surface area contributed by atoms with Gasteiger partial charge < -0.3 is 14.9 Å². The second-order valence-electron chi connectivity index (χ2n) is 7.80. The maximum atomic E-state index is 12.7. The molecular weight excluding hydrogens is 384 g/mol. The van der Waals surface area contributed by atoms with Crippen molar-refractivity contribution in [1.29, 1.82) is 0 Å². The highest BCUT2D eigenvalue weighted by molar-refractivity contribution is 6.04. The standard InChI is InChI=1S/C24H36O6/c1-3-5-7-8-9-10-12-14-19(13-11-6-4-2)30-24(29)20-16-15-18(22(25)26)17-21(20)23(27)28/h15-17,19H,3-14H2,1-2H3,(H,25,26)(H,27,28). The van der Waals surface area contributed by atoms with Gasteiger partial charge in [0.25, 0.3) is 0 Å². The van der Waals surface area contributed by atoms with Crippen molar-refractivity contribution in [2.24, 2.45) is 0 Å². The van der Waals surface area contributed by atoms with Crippen LogP contribution >= 0.6 is 0 Å². The third-order valence-electron chi connectivity index (χ3n) is 5.25. The highest BCUT2D eigenvalue weighted by Crippen LogP contribution is 2.20. The van der Waals surface area contributed by atoms with E-state index in [0.717, 1.165) is 51.0 Å². The lowest BCUT2D eigenvalue weighted by Gasteiger charge is -2.19. The molecule has 1 unspecified atom stereocenters. The van der Waals surface area contributed by atoms with Gasteiger partial charge in [0.15, 0.2) is 0 Å². The zero-order chi connectivity index (χ0) is 22.4. The Bertz CT molecular complexity index is 682. The molecule has 0 fully saturated rings. The number of esters is 1. The minimum atomic E-state index is -1.35. The van der Waals surface area contributed by atoms with Crippen molar-refractivity contribution in [2.75, 3.05) is 0 Å². The molecule has 0 heterocycles. The van der Waals surface area contributed by atoms with Crippen molar-refractivity contribution in [3.05, 3.63) is 34.9 Å². The lowest BCUT2D eigenvalue weighted by molar-refractivity contribution is 0.0244. The first-order chi connectivity index (χ1) is 14.4. The summed E-state index contributed by atoms with van der Waals surface area (Å²) in [5, 5.41) is 18.5. The number of hydrogen-bond donors (Lipinski definition) is 2. The molecule has 168 valence electrons. The summed E-state index contributed by atoms with van der Waals surface area (Å²) in [7, 11) is 0. The number of rotatable bonds is 16. The predicted molar refractivity (Wildman–Crippen MR) is 116 cm³/mol. The third kappa shape index (κ3) is 9.42. The molecule has 1 aromatic rings. The fraction of sp³-hybridized carbons (Fsp3) is 0.625. The smallest absolute Gasteiger partial charge is 0.339 e. The normalized spacial score (nSPS) is 11.8. The van der Waals surface area contributed by atoms with Crippen molar-refractivity contribution in [1.82, 2.24) is 0 Å². The molecule has 1 aromatic carbocycles. The van der Waals surface area contributed by atoms with E-state index in [4.69, 9.17) is 9.84 Å². The fourth-order valence-corrected chi connectivity index (χ4v) is 3.46. The lowest BCUT2D eigenvalue weighted by Crippen LogP contribution is -2.21. The highest BCUT2D eigenvalue weighted by atomic mass is 16.5. The van der Waals surface area contributed by atoms with E-state index in [1.165, 1.54) is 44.2 Å². The number of aromatic carboxylic acids is 2. The topological polar surface area (TPSA) is 101 Å². The second-order valence-corrected chi connectivity index (χ2v) is 7.80. The molecule has 2 N–H and O–H groups in total. The van der Waals surface area contributed by atoms with Crippen LogP contribution in [0, 0.1) is 0 Å². The Morgan fingerprint density at radius 3 is 1.87 bits per heavy atom. The van der Waals surface area contributed by atoms with Gasteiger partial charge in [-0.1, -0.05) is 65.2 Å². The van der Waals surface area contributed by atoms with Crippen LogP contribution in [0.2, 0.25) is 0 Å². The Hall–Kier alpha value is -2.37. The van der Waals surface area contributed by atoms with Crippen LogP contribution in [0.5, 0.6) is 0 Å². The van der Waals surface area contributed by atoms with E-state index >= 15 is 0 Å². The third-order valence-corrected chi connectivity index (χ3v) is 5.25. The summed E-state index contributed by atoms with van der Waals surface area (Å²) < 4.78 is 5.67. The Labute approximate surface area is 179 Å². The van der Waals surface area contributed by atoms with Gasteiger partial charge in [-0.2, -0.15) is 0 Å². The van der Waals surface area contributed by atoms with Crippen LogP contribution in [0.1, 0.15) is 122 Å². The van der Waals surface area contributed by atoms with E-state index < -0.39 is 17.9 Å². The summed E-state index contributed by atoms with van der Waals surface area (Å²) in [6, 6.07) is 3.46. The first kappa shape index (κ1) is 25.7. The molecule has 1 rings (SSSR count). The molecule has 0 aliphatic carbocycles. The molecule has 6 heteroatoms. The number of carbonyl (C=O) groups is 3. The van der Waals surface area contributed by atoms with Crippen molar-refractivity contribution in [3.63, 3.8) is 0 Å². The van der Waals surface area contributed by atoms with Crippen LogP contribution in [0.15, 0.2) is 18.2 Å². The van der Waals surface area contributed by atoms with Crippen molar-refractivity contribution >= 4 is 17.9 Å². The lowest BCUT2D eigenvalue weighted by atomic mass is 10.0. The maximum Gasteiger partial charge on any atom is 0.339 e. The van der Waals surface area contributed by atoms with Crippen LogP contribution in [0.4, 0.5) is 0 Å². The van der Waals surface area contributed by atoms with Gasteiger partial charge in [-0.05, 0) is 43.9 Å². The molecule has 0 spiro atoms. The second kappa shape index (κ2) is 14.6. The summed E-state index contributed by atoms with van der Waals surface area (Å²) in [6.07, 6.45) is 12.6. The molecule has 0 aliphatic rings. The molecule has 0 aliphatic heterocycles. The van der Waals surface area contributed by atoms with Gasteiger partial charge >= 0.3 is 17.9 Å². The van der Waals surface area contributed by atoms with Gasteiger partial charge in [-0.25, -0.2) is 14.4 Å². The molecule has 0 bridgehead atoms. The van der Waals surface area contributed by atoms with Crippen molar-refractivity contribution in [2.45, 2.75) is 97.0 Å². The molecule has 0 saturated heterocycles. The summed E-state index contributed by atoms with van der Waals surface area (Å²) in [6.45, 7) is 4.31. The van der Waals surface area contributed by atoms with Crippen molar-refractivity contribution < 1.29 is 29.3 Å². The summed E-state index contributed by atoms with van der Waals surface area (Å²) in [5.41, 5.74) is -0.623. The number of ether oxygens (including phenoxy) is 1. The number of benzene rings is 1. The SMILES string of the molecule is CCCCCCCCCC(CCCCC)OC(=O)c1ccc(C(=O)O)cc1C(=O)O. The first-order valence-corrected chi connectivity index (χ1v) is 11.2. The Balaban J connectivity index is 2.73. The van der Waals surface area contributed by atoms with Crippen LogP contribution in [-0.4, -0.2) is 34.2 Å². The Morgan fingerprint density at radius 2 is 1.30 bits per heavy atom. The van der Waals surface area contributed by atoms with Gasteiger partial charge in [-0.15, -0.1) is 0 Å². The molecule has 1 atom stereocenters. The van der Waals surface area contributed by atoms with Gasteiger partial charge in [0.1, 0.15) is 6.10 Å². The summed E-state index contributed by atoms with van der Waals surface area (Å²) >= 11 is 0. The predicted octanol–water partition coefficient (Wildman–Crippen LogP) is 6.33. The Morgan fingerprint density at radius 1 is 0.767 bits per heavy atom. The first-order valence-electron chi connectivity index (χ1n) is 11.2. The van der Waals surface area contributed by atoms with Crippen molar-refractivity contribution in [3.8, 4) is 0 Å². The quantitative estimate of drug-likeness (QED) is 0.239. The van der Waals surface area contributed by atoms with E-state index in [1.807, 2.05) is 0 Å². The summed E-state index contributed by atoms with van der Waals surface area (Å²) in [4.78, 5) is 35.3. The van der Waals surface area contributed by atoms with Gasteiger partial charge in [-0.3, -0.25) is 0 Å². The number of carboxylic acids is 2. The minimum absolute atomic E-state index is 0.104. The maximum absolute atomic E-state index is 12.7.